The minimum absolute atomic E-state index is 0.471. The van der Waals surface area contributed by atoms with E-state index >= 15 is 0 Å². The fraction of sp³-hybridized carbons (Fsp3) is 0.867. The number of rotatable bonds is 0. The molecule has 0 aromatic carbocycles. The van der Waals surface area contributed by atoms with Crippen LogP contribution in [-0.4, -0.2) is 0 Å². The molecular formula is C15H24. The summed E-state index contributed by atoms with van der Waals surface area (Å²) < 4.78 is 0. The van der Waals surface area contributed by atoms with E-state index in [9.17, 15) is 0 Å². The summed E-state index contributed by atoms with van der Waals surface area (Å²) >= 11 is 0. The van der Waals surface area contributed by atoms with Crippen LogP contribution in [-0.2, 0) is 0 Å². The summed E-state index contributed by atoms with van der Waals surface area (Å²) in [5.41, 5.74) is 1.76. The Bertz CT molecular complexity index is 312. The normalized spacial score (nSPS) is 51.5. The highest BCUT2D eigenvalue weighted by atomic mass is 14.6. The van der Waals surface area contributed by atoms with Crippen molar-refractivity contribution in [3.63, 3.8) is 0 Å². The molecule has 0 N–H and O–H groups in total. The highest BCUT2D eigenvalue weighted by Crippen LogP contribution is 2.65. The van der Waals surface area contributed by atoms with E-state index in [1.165, 1.54) is 38.5 Å². The van der Waals surface area contributed by atoms with Gasteiger partial charge in [-0.2, -0.15) is 0 Å². The van der Waals surface area contributed by atoms with E-state index in [0.29, 0.717) is 16.2 Å². The van der Waals surface area contributed by atoms with Crippen LogP contribution < -0.4 is 0 Å². The Balaban J connectivity index is 1.99. The smallest absolute Gasteiger partial charge is 0.00765 e. The van der Waals surface area contributed by atoms with Crippen molar-refractivity contribution in [2.75, 3.05) is 0 Å². The highest BCUT2D eigenvalue weighted by molar-refractivity contribution is 5.22. The molecule has 2 fully saturated rings. The largest absolute Gasteiger partial charge is 0.0820 e. The molecule has 0 nitrogen and oxygen atoms in total. The van der Waals surface area contributed by atoms with Crippen molar-refractivity contribution in [3.8, 4) is 0 Å². The van der Waals surface area contributed by atoms with E-state index < -0.39 is 0 Å². The van der Waals surface area contributed by atoms with Gasteiger partial charge in [0.1, 0.15) is 0 Å². The Morgan fingerprint density at radius 3 is 2.60 bits per heavy atom. The molecule has 0 heterocycles. The molecule has 15 heavy (non-hydrogen) atoms. The molecule has 84 valence electrons. The second-order valence-electron chi connectivity index (χ2n) is 7.32. The maximum Gasteiger partial charge on any atom is -0.00765 e. The van der Waals surface area contributed by atoms with Crippen LogP contribution in [0.15, 0.2) is 12.2 Å². The van der Waals surface area contributed by atoms with E-state index in [4.69, 9.17) is 0 Å². The van der Waals surface area contributed by atoms with Crippen LogP contribution in [0, 0.1) is 22.2 Å². The van der Waals surface area contributed by atoms with Crippen molar-refractivity contribution < 1.29 is 0 Å². The molecule has 0 aliphatic heterocycles. The monoisotopic (exact) mass is 204 g/mol. The molecule has 3 rings (SSSR count). The average Bonchev–Trinajstić information content (AvgIpc) is 2.36. The number of hydrogen-bond acceptors (Lipinski definition) is 0. The Labute approximate surface area is 94.1 Å². The zero-order valence-electron chi connectivity index (χ0n) is 10.5. The minimum atomic E-state index is 0.471. The first-order valence-electron chi connectivity index (χ1n) is 6.66. The van der Waals surface area contributed by atoms with Gasteiger partial charge in [0.15, 0.2) is 0 Å². The third kappa shape index (κ3) is 1.26. The van der Waals surface area contributed by atoms with Crippen molar-refractivity contribution in [2.45, 2.75) is 59.3 Å². The lowest BCUT2D eigenvalue weighted by molar-refractivity contribution is -0.0270. The molecule has 0 amide bonds. The van der Waals surface area contributed by atoms with Crippen molar-refractivity contribution >= 4 is 0 Å². The van der Waals surface area contributed by atoms with Crippen LogP contribution in [0.25, 0.3) is 0 Å². The second-order valence-corrected chi connectivity index (χ2v) is 7.32. The topological polar surface area (TPSA) is 0 Å². The summed E-state index contributed by atoms with van der Waals surface area (Å²) in [5, 5.41) is 0. The van der Waals surface area contributed by atoms with Crippen molar-refractivity contribution in [2.24, 2.45) is 22.2 Å². The van der Waals surface area contributed by atoms with Crippen LogP contribution in [0.2, 0.25) is 0 Å². The summed E-state index contributed by atoms with van der Waals surface area (Å²) in [6.45, 7) is 7.42. The van der Waals surface area contributed by atoms with Gasteiger partial charge in [0.25, 0.3) is 0 Å². The van der Waals surface area contributed by atoms with Crippen LogP contribution in [0.5, 0.6) is 0 Å². The number of hydrogen-bond donors (Lipinski definition) is 0. The molecular weight excluding hydrogens is 180 g/mol. The van der Waals surface area contributed by atoms with E-state index in [-0.39, 0.29) is 0 Å². The van der Waals surface area contributed by atoms with Gasteiger partial charge in [-0.15, -0.1) is 0 Å². The van der Waals surface area contributed by atoms with Crippen molar-refractivity contribution in [1.82, 2.24) is 0 Å². The Hall–Kier alpha value is -0.260. The Kier molecular flexibility index (Phi) is 1.79. The third-order valence-electron chi connectivity index (χ3n) is 5.65. The van der Waals surface area contributed by atoms with Crippen molar-refractivity contribution in [1.29, 1.82) is 0 Å². The third-order valence-corrected chi connectivity index (χ3v) is 5.65. The highest BCUT2D eigenvalue weighted by Gasteiger charge is 2.55. The predicted octanol–water partition coefficient (Wildman–Crippen LogP) is 4.56. The van der Waals surface area contributed by atoms with Gasteiger partial charge in [-0.1, -0.05) is 39.3 Å². The predicted molar refractivity (Wildman–Crippen MR) is 64.7 cm³/mol. The van der Waals surface area contributed by atoms with E-state index in [2.05, 4.69) is 32.9 Å². The summed E-state index contributed by atoms with van der Waals surface area (Å²) in [6.07, 6.45) is 14.0. The SMILES string of the molecule is CC1(C)C=CC23CCC[C@@](C)(CCC12)C3. The van der Waals surface area contributed by atoms with Gasteiger partial charge < -0.3 is 0 Å². The van der Waals surface area contributed by atoms with E-state index in [0.717, 1.165) is 5.92 Å². The van der Waals surface area contributed by atoms with Gasteiger partial charge in [-0.05, 0) is 54.3 Å². The molecule has 0 aromatic heterocycles. The van der Waals surface area contributed by atoms with Crippen LogP contribution in [0.4, 0.5) is 0 Å². The lowest BCUT2D eigenvalue weighted by Gasteiger charge is -2.55. The average molecular weight is 204 g/mol. The van der Waals surface area contributed by atoms with Gasteiger partial charge in [-0.3, -0.25) is 0 Å². The lowest BCUT2D eigenvalue weighted by atomic mass is 9.50. The summed E-state index contributed by atoms with van der Waals surface area (Å²) in [7, 11) is 0. The molecule has 2 unspecified atom stereocenters. The van der Waals surface area contributed by atoms with Gasteiger partial charge in [-0.25, -0.2) is 0 Å². The molecule has 0 aromatic rings. The maximum atomic E-state index is 2.61. The van der Waals surface area contributed by atoms with Gasteiger partial charge in [0.05, 0.1) is 0 Å². The Morgan fingerprint density at radius 1 is 1.00 bits per heavy atom. The summed E-state index contributed by atoms with van der Waals surface area (Å²) in [5.74, 6) is 0.943. The standard InChI is InChI=1S/C15H24/c1-13(2)9-10-15-7-4-6-14(3,11-15)8-5-12(13)15/h9-10,12H,4-8,11H2,1-3H3/t12?,14-,15?/m0/s1. The maximum absolute atomic E-state index is 2.61. The van der Waals surface area contributed by atoms with Gasteiger partial charge >= 0.3 is 0 Å². The van der Waals surface area contributed by atoms with Gasteiger partial charge in [0.2, 0.25) is 0 Å². The second kappa shape index (κ2) is 2.70. The first kappa shape index (κ1) is 9.93. The summed E-state index contributed by atoms with van der Waals surface area (Å²) in [4.78, 5) is 0. The van der Waals surface area contributed by atoms with Gasteiger partial charge in [0, 0.05) is 0 Å². The molecule has 3 aliphatic carbocycles. The lowest BCUT2D eigenvalue weighted by Crippen LogP contribution is -2.45. The molecule has 2 saturated carbocycles. The minimum Gasteiger partial charge on any atom is -0.0820 e. The zero-order chi connectivity index (χ0) is 10.7. The van der Waals surface area contributed by atoms with E-state index in [1.54, 1.807) is 0 Å². The van der Waals surface area contributed by atoms with Crippen molar-refractivity contribution in [3.05, 3.63) is 12.2 Å². The van der Waals surface area contributed by atoms with Crippen LogP contribution >= 0.6 is 0 Å². The molecule has 0 radical (unpaired) electrons. The first-order valence-corrected chi connectivity index (χ1v) is 6.66. The molecule has 0 saturated heterocycles. The molecule has 1 spiro atoms. The number of allylic oxidation sites excluding steroid dienone is 2. The van der Waals surface area contributed by atoms with E-state index in [1.807, 2.05) is 0 Å². The first-order chi connectivity index (χ1) is 6.96. The zero-order valence-corrected chi connectivity index (χ0v) is 10.5. The van der Waals surface area contributed by atoms with Crippen LogP contribution in [0.1, 0.15) is 59.3 Å². The summed E-state index contributed by atoms with van der Waals surface area (Å²) in [6, 6.07) is 0. The molecule has 0 heteroatoms. The fourth-order valence-electron chi connectivity index (χ4n) is 4.97. The quantitative estimate of drug-likeness (QED) is 0.507. The number of fused-ring (bicyclic) bond motifs is 1. The fourth-order valence-corrected chi connectivity index (χ4v) is 4.97. The molecule has 3 atom stereocenters. The Morgan fingerprint density at radius 2 is 1.80 bits per heavy atom. The van der Waals surface area contributed by atoms with Crippen LogP contribution in [0.3, 0.4) is 0 Å². The molecule has 2 bridgehead atoms. The molecule has 3 aliphatic rings.